The lowest BCUT2D eigenvalue weighted by atomic mass is 9.91. The van der Waals surface area contributed by atoms with Gasteiger partial charge in [-0.3, -0.25) is 14.7 Å². The summed E-state index contributed by atoms with van der Waals surface area (Å²) in [6, 6.07) is 15.1. The van der Waals surface area contributed by atoms with E-state index in [1.54, 1.807) is 14.0 Å². The van der Waals surface area contributed by atoms with Crippen LogP contribution in [-0.2, 0) is 4.79 Å². The molecule has 0 aliphatic carbocycles. The second kappa shape index (κ2) is 8.95. The maximum Gasteiger partial charge on any atom is 0.219 e. The molecule has 29 heavy (non-hydrogen) atoms. The van der Waals surface area contributed by atoms with Crippen molar-refractivity contribution in [2.24, 2.45) is 0 Å². The predicted octanol–water partition coefficient (Wildman–Crippen LogP) is 3.95. The van der Waals surface area contributed by atoms with Gasteiger partial charge in [0.25, 0.3) is 0 Å². The van der Waals surface area contributed by atoms with Crippen LogP contribution >= 0.6 is 0 Å². The van der Waals surface area contributed by atoms with E-state index in [0.29, 0.717) is 12.0 Å². The molecule has 2 aliphatic heterocycles. The van der Waals surface area contributed by atoms with Gasteiger partial charge in [0.15, 0.2) is 0 Å². The fourth-order valence-electron chi connectivity index (χ4n) is 4.75. The van der Waals surface area contributed by atoms with Crippen molar-refractivity contribution in [2.45, 2.75) is 44.6 Å². The molecule has 0 radical (unpaired) electrons. The molecule has 1 amide bonds. The van der Waals surface area contributed by atoms with Crippen LogP contribution in [0.15, 0.2) is 42.5 Å². The number of amides is 1. The van der Waals surface area contributed by atoms with Gasteiger partial charge in [0.05, 0.1) is 12.8 Å². The van der Waals surface area contributed by atoms with E-state index in [0.717, 1.165) is 56.0 Å². The van der Waals surface area contributed by atoms with E-state index in [-0.39, 0.29) is 5.91 Å². The Morgan fingerprint density at radius 3 is 2.62 bits per heavy atom. The first-order chi connectivity index (χ1) is 14.1. The molecule has 1 atom stereocenters. The lowest BCUT2D eigenvalue weighted by Gasteiger charge is -2.42. The number of methoxy groups -OCH3 is 1. The van der Waals surface area contributed by atoms with Crippen molar-refractivity contribution in [1.29, 1.82) is 0 Å². The molecule has 1 aromatic carbocycles. The Hall–Kier alpha value is -2.40. The van der Waals surface area contributed by atoms with Gasteiger partial charge in [0, 0.05) is 49.8 Å². The summed E-state index contributed by atoms with van der Waals surface area (Å²) in [5.41, 5.74) is 3.29. The van der Waals surface area contributed by atoms with Crippen LogP contribution in [0.25, 0.3) is 11.3 Å². The molecule has 3 heterocycles. The zero-order valence-corrected chi connectivity index (χ0v) is 17.5. The average molecular weight is 394 g/mol. The highest BCUT2D eigenvalue weighted by molar-refractivity contribution is 5.73. The number of piperidine rings is 2. The van der Waals surface area contributed by atoms with Crippen molar-refractivity contribution < 1.29 is 9.53 Å². The summed E-state index contributed by atoms with van der Waals surface area (Å²) in [5.74, 6) is 1.54. The maximum absolute atomic E-state index is 11.6. The van der Waals surface area contributed by atoms with E-state index in [9.17, 15) is 4.79 Å². The summed E-state index contributed by atoms with van der Waals surface area (Å²) >= 11 is 0. The number of rotatable bonds is 4. The summed E-state index contributed by atoms with van der Waals surface area (Å²) < 4.78 is 5.37. The Morgan fingerprint density at radius 1 is 1.07 bits per heavy atom. The second-order valence-corrected chi connectivity index (χ2v) is 8.25. The molecule has 0 spiro atoms. The third-order valence-electron chi connectivity index (χ3n) is 6.43. The largest absolute Gasteiger partial charge is 0.497 e. The molecule has 0 unspecified atom stereocenters. The van der Waals surface area contributed by atoms with Crippen molar-refractivity contribution >= 4 is 5.91 Å². The molecule has 2 aromatic rings. The zero-order chi connectivity index (χ0) is 20.2. The Labute approximate surface area is 173 Å². The Bertz CT molecular complexity index is 846. The van der Waals surface area contributed by atoms with Crippen LogP contribution in [0.3, 0.4) is 0 Å². The molecular formula is C24H31N3O2. The van der Waals surface area contributed by atoms with Crippen LogP contribution in [0.5, 0.6) is 5.75 Å². The average Bonchev–Trinajstić information content (AvgIpc) is 2.79. The molecule has 4 rings (SSSR count). The topological polar surface area (TPSA) is 45.7 Å². The number of carbonyl (C=O) groups excluding carboxylic acids is 1. The zero-order valence-electron chi connectivity index (χ0n) is 17.5. The summed E-state index contributed by atoms with van der Waals surface area (Å²) in [4.78, 5) is 21.3. The number of hydrogen-bond donors (Lipinski definition) is 0. The highest BCUT2D eigenvalue weighted by Crippen LogP contribution is 2.31. The first kappa shape index (κ1) is 19.9. The highest BCUT2D eigenvalue weighted by atomic mass is 16.5. The molecule has 2 aliphatic rings. The lowest BCUT2D eigenvalue weighted by Crippen LogP contribution is -2.49. The van der Waals surface area contributed by atoms with Gasteiger partial charge in [-0.2, -0.15) is 0 Å². The first-order valence-corrected chi connectivity index (χ1v) is 10.7. The summed E-state index contributed by atoms with van der Waals surface area (Å²) in [6.07, 6.45) is 4.58. The van der Waals surface area contributed by atoms with Gasteiger partial charge in [0.1, 0.15) is 5.75 Å². The molecule has 2 fully saturated rings. The fourth-order valence-corrected chi connectivity index (χ4v) is 4.75. The Kier molecular flexibility index (Phi) is 6.14. The van der Waals surface area contributed by atoms with Crippen molar-refractivity contribution in [1.82, 2.24) is 14.8 Å². The fraction of sp³-hybridized carbons (Fsp3) is 0.500. The maximum atomic E-state index is 11.6. The standard InChI is InChI=1S/C24H31N3O2/c1-18(28)26-14-11-21(12-15-26)27-13-5-7-20(17-27)24-10-4-9-23(25-24)19-6-3-8-22(16-19)29-2/h3-4,6,8-10,16,20-21H,5,7,11-15,17H2,1-2H3/t20-/m0/s1. The monoisotopic (exact) mass is 393 g/mol. The molecule has 5 heteroatoms. The smallest absolute Gasteiger partial charge is 0.219 e. The molecule has 0 saturated carbocycles. The Morgan fingerprint density at radius 2 is 1.86 bits per heavy atom. The van der Waals surface area contributed by atoms with Crippen molar-refractivity contribution in [2.75, 3.05) is 33.3 Å². The van der Waals surface area contributed by atoms with E-state index in [1.807, 2.05) is 23.1 Å². The SMILES string of the molecule is COc1cccc(-c2cccc([C@H]3CCCN(C4CCN(C(C)=O)CC4)C3)n2)c1. The quantitative estimate of drug-likeness (QED) is 0.789. The normalized spacial score (nSPS) is 21.2. The van der Waals surface area contributed by atoms with Gasteiger partial charge < -0.3 is 9.64 Å². The molecular weight excluding hydrogens is 362 g/mol. The molecule has 2 saturated heterocycles. The van der Waals surface area contributed by atoms with E-state index in [1.165, 1.54) is 18.5 Å². The number of benzene rings is 1. The van der Waals surface area contributed by atoms with E-state index in [2.05, 4.69) is 29.2 Å². The van der Waals surface area contributed by atoms with Crippen LogP contribution in [0, 0.1) is 0 Å². The molecule has 5 nitrogen and oxygen atoms in total. The molecule has 0 N–H and O–H groups in total. The molecule has 154 valence electrons. The second-order valence-electron chi connectivity index (χ2n) is 8.25. The minimum Gasteiger partial charge on any atom is -0.497 e. The molecule has 0 bridgehead atoms. The van der Waals surface area contributed by atoms with Gasteiger partial charge in [-0.15, -0.1) is 0 Å². The summed E-state index contributed by atoms with van der Waals surface area (Å²) in [7, 11) is 1.69. The van der Waals surface area contributed by atoms with Crippen LogP contribution in [0.2, 0.25) is 0 Å². The van der Waals surface area contributed by atoms with Gasteiger partial charge in [-0.1, -0.05) is 18.2 Å². The van der Waals surface area contributed by atoms with E-state index in [4.69, 9.17) is 9.72 Å². The highest BCUT2D eigenvalue weighted by Gasteiger charge is 2.30. The van der Waals surface area contributed by atoms with Crippen LogP contribution in [-0.4, -0.2) is 60.0 Å². The minimum atomic E-state index is 0.207. The van der Waals surface area contributed by atoms with Crippen molar-refractivity contribution in [3.8, 4) is 17.0 Å². The number of likely N-dealkylation sites (tertiary alicyclic amines) is 2. The number of pyridine rings is 1. The van der Waals surface area contributed by atoms with Crippen LogP contribution < -0.4 is 4.74 Å². The molecule has 1 aromatic heterocycles. The van der Waals surface area contributed by atoms with Crippen LogP contribution in [0.4, 0.5) is 0 Å². The number of ether oxygens (including phenoxy) is 1. The number of carbonyl (C=O) groups is 1. The van der Waals surface area contributed by atoms with Crippen molar-refractivity contribution in [3.63, 3.8) is 0 Å². The third-order valence-corrected chi connectivity index (χ3v) is 6.43. The van der Waals surface area contributed by atoms with Crippen molar-refractivity contribution in [3.05, 3.63) is 48.2 Å². The number of hydrogen-bond acceptors (Lipinski definition) is 4. The van der Waals surface area contributed by atoms with Gasteiger partial charge in [-0.25, -0.2) is 0 Å². The van der Waals surface area contributed by atoms with Gasteiger partial charge in [-0.05, 0) is 56.5 Å². The summed E-state index contributed by atoms with van der Waals surface area (Å²) in [6.45, 7) is 5.70. The summed E-state index contributed by atoms with van der Waals surface area (Å²) in [5, 5.41) is 0. The number of aromatic nitrogens is 1. The van der Waals surface area contributed by atoms with E-state index < -0.39 is 0 Å². The first-order valence-electron chi connectivity index (χ1n) is 10.7. The van der Waals surface area contributed by atoms with Gasteiger partial charge >= 0.3 is 0 Å². The Balaban J connectivity index is 1.45. The third kappa shape index (κ3) is 4.61. The van der Waals surface area contributed by atoms with Crippen LogP contribution in [0.1, 0.15) is 44.2 Å². The number of nitrogens with zero attached hydrogens (tertiary/aromatic N) is 3. The minimum absolute atomic E-state index is 0.207. The predicted molar refractivity (Wildman–Crippen MR) is 115 cm³/mol. The lowest BCUT2D eigenvalue weighted by molar-refractivity contribution is -0.130. The van der Waals surface area contributed by atoms with Gasteiger partial charge in [0.2, 0.25) is 5.91 Å². The van der Waals surface area contributed by atoms with E-state index >= 15 is 0 Å².